The first-order valence-electron chi connectivity index (χ1n) is 6.89. The van der Waals surface area contributed by atoms with Gasteiger partial charge in [-0.25, -0.2) is 0 Å². The van der Waals surface area contributed by atoms with Crippen molar-refractivity contribution in [1.29, 1.82) is 0 Å². The van der Waals surface area contributed by atoms with Gasteiger partial charge >= 0.3 is 6.18 Å². The number of hydrogen-bond acceptors (Lipinski definition) is 5. The third-order valence-corrected chi connectivity index (χ3v) is 4.41. The maximum absolute atomic E-state index is 12.5. The molecule has 3 aromatic rings. The topological polar surface area (TPSA) is 85.3 Å². The summed E-state index contributed by atoms with van der Waals surface area (Å²) in [5, 5.41) is 2.78. The summed E-state index contributed by atoms with van der Waals surface area (Å²) in [6.45, 7) is 1.80. The van der Waals surface area contributed by atoms with Gasteiger partial charge < -0.3 is 8.94 Å². The average Bonchev–Trinajstić information content (AvgIpc) is 3.16. The monoisotopic (exact) mass is 372 g/mol. The van der Waals surface area contributed by atoms with E-state index in [1.807, 2.05) is 0 Å². The van der Waals surface area contributed by atoms with E-state index >= 15 is 0 Å². The molecule has 0 atom stereocenters. The molecule has 0 aliphatic rings. The Morgan fingerprint density at radius 2 is 1.88 bits per heavy atom. The standard InChI is InChI=1S/C15H11F3N2O4S/c1-9-3-2-4-10(7-9)20-25(21,22)14-6-5-12(23-14)11-8-13(24-19-11)15(16,17)18/h2-8,20H,1H3. The van der Waals surface area contributed by atoms with Crippen LogP contribution >= 0.6 is 0 Å². The number of anilines is 1. The average molecular weight is 372 g/mol. The molecule has 0 fully saturated rings. The van der Waals surface area contributed by atoms with Crippen LogP contribution in [-0.2, 0) is 16.2 Å². The number of furan rings is 1. The van der Waals surface area contributed by atoms with Crippen LogP contribution in [0.25, 0.3) is 11.5 Å². The van der Waals surface area contributed by atoms with Crippen molar-refractivity contribution >= 4 is 15.7 Å². The van der Waals surface area contributed by atoms with Crippen LogP contribution in [0, 0.1) is 6.92 Å². The number of hydrogen-bond donors (Lipinski definition) is 1. The lowest BCUT2D eigenvalue weighted by Crippen LogP contribution is -2.12. The molecular formula is C15H11F3N2O4S. The quantitative estimate of drug-likeness (QED) is 0.746. The molecule has 2 aromatic heterocycles. The molecule has 0 amide bonds. The van der Waals surface area contributed by atoms with Gasteiger partial charge in [-0.05, 0) is 36.8 Å². The van der Waals surface area contributed by atoms with Crippen LogP contribution in [0.3, 0.4) is 0 Å². The van der Waals surface area contributed by atoms with Crippen LogP contribution in [0.4, 0.5) is 18.9 Å². The molecule has 2 heterocycles. The molecule has 0 spiro atoms. The van der Waals surface area contributed by atoms with Gasteiger partial charge in [-0.3, -0.25) is 4.72 Å². The smallest absolute Gasteiger partial charge is 0.441 e. The number of sulfonamides is 1. The second kappa shape index (κ2) is 5.96. The van der Waals surface area contributed by atoms with E-state index < -0.39 is 27.1 Å². The largest absolute Gasteiger partial charge is 0.452 e. The van der Waals surface area contributed by atoms with E-state index in [1.54, 1.807) is 31.2 Å². The fraction of sp³-hybridized carbons (Fsp3) is 0.133. The van der Waals surface area contributed by atoms with Gasteiger partial charge in [-0.2, -0.15) is 21.6 Å². The minimum absolute atomic E-state index is 0.163. The highest BCUT2D eigenvalue weighted by Gasteiger charge is 2.36. The van der Waals surface area contributed by atoms with Crippen molar-refractivity contribution in [1.82, 2.24) is 5.16 Å². The lowest BCUT2D eigenvalue weighted by molar-refractivity contribution is -0.155. The number of rotatable bonds is 4. The van der Waals surface area contributed by atoms with Gasteiger partial charge in [0.2, 0.25) is 10.9 Å². The molecule has 0 saturated heterocycles. The second-order valence-corrected chi connectivity index (χ2v) is 6.78. The van der Waals surface area contributed by atoms with Crippen LogP contribution in [0.5, 0.6) is 0 Å². The second-order valence-electron chi connectivity index (χ2n) is 5.17. The Labute approximate surface area is 140 Å². The molecule has 0 bridgehead atoms. The van der Waals surface area contributed by atoms with E-state index in [4.69, 9.17) is 4.42 Å². The number of nitrogens with one attached hydrogen (secondary N) is 1. The number of alkyl halides is 3. The Hall–Kier alpha value is -2.75. The molecule has 0 saturated carbocycles. The molecule has 10 heteroatoms. The molecule has 6 nitrogen and oxygen atoms in total. The van der Waals surface area contributed by atoms with Crippen molar-refractivity contribution in [2.45, 2.75) is 18.2 Å². The molecule has 1 aromatic carbocycles. The van der Waals surface area contributed by atoms with Gasteiger partial charge in [0.25, 0.3) is 10.0 Å². The Morgan fingerprint density at radius 3 is 2.52 bits per heavy atom. The zero-order valence-corrected chi connectivity index (χ0v) is 13.5. The van der Waals surface area contributed by atoms with Gasteiger partial charge in [0.05, 0.1) is 0 Å². The van der Waals surface area contributed by atoms with Crippen LogP contribution in [0.1, 0.15) is 11.3 Å². The maximum Gasteiger partial charge on any atom is 0.452 e. The fourth-order valence-electron chi connectivity index (χ4n) is 2.04. The molecule has 3 rings (SSSR count). The first-order chi connectivity index (χ1) is 11.6. The van der Waals surface area contributed by atoms with Gasteiger partial charge in [0.15, 0.2) is 5.76 Å². The fourth-order valence-corrected chi connectivity index (χ4v) is 3.03. The summed E-state index contributed by atoms with van der Waals surface area (Å²) in [5.41, 5.74) is 0.922. The van der Waals surface area contributed by atoms with E-state index in [0.717, 1.165) is 11.6 Å². The van der Waals surface area contributed by atoms with Crippen LogP contribution in [0.15, 0.2) is 56.5 Å². The summed E-state index contributed by atoms with van der Waals surface area (Å²) in [6, 6.07) is 9.60. The number of aryl methyl sites for hydroxylation is 1. The van der Waals surface area contributed by atoms with Crippen LogP contribution in [-0.4, -0.2) is 13.6 Å². The summed E-state index contributed by atoms with van der Waals surface area (Å²) in [6.07, 6.45) is -4.69. The van der Waals surface area contributed by atoms with Crippen molar-refractivity contribution in [3.63, 3.8) is 0 Å². The number of benzene rings is 1. The molecule has 0 aliphatic carbocycles. The van der Waals surface area contributed by atoms with E-state index in [9.17, 15) is 21.6 Å². The maximum atomic E-state index is 12.5. The first-order valence-corrected chi connectivity index (χ1v) is 8.37. The van der Waals surface area contributed by atoms with Gasteiger partial charge in [-0.1, -0.05) is 17.3 Å². The Kier molecular flexibility index (Phi) is 4.07. The van der Waals surface area contributed by atoms with Crippen LogP contribution < -0.4 is 4.72 Å². The van der Waals surface area contributed by atoms with E-state index in [0.29, 0.717) is 11.8 Å². The van der Waals surface area contributed by atoms with Crippen LogP contribution in [0.2, 0.25) is 0 Å². The number of aromatic nitrogens is 1. The van der Waals surface area contributed by atoms with Gasteiger partial charge in [-0.15, -0.1) is 0 Å². The highest BCUT2D eigenvalue weighted by atomic mass is 32.2. The first kappa shape index (κ1) is 17.1. The summed E-state index contributed by atoms with van der Waals surface area (Å²) < 4.78 is 73.8. The summed E-state index contributed by atoms with van der Waals surface area (Å²) in [4.78, 5) is 0. The predicted molar refractivity (Wildman–Crippen MR) is 81.2 cm³/mol. The normalized spacial score (nSPS) is 12.3. The van der Waals surface area contributed by atoms with Gasteiger partial charge in [0.1, 0.15) is 5.69 Å². The SMILES string of the molecule is Cc1cccc(NS(=O)(=O)c2ccc(-c3cc(C(F)(F)F)on3)o2)c1. The Balaban J connectivity index is 1.86. The van der Waals surface area contributed by atoms with Crippen molar-refractivity contribution in [2.24, 2.45) is 0 Å². The number of nitrogens with zero attached hydrogens (tertiary/aromatic N) is 1. The summed E-state index contributed by atoms with van der Waals surface area (Å²) >= 11 is 0. The Bertz CT molecular complexity index is 1010. The van der Waals surface area contributed by atoms with Crippen molar-refractivity contribution < 1.29 is 30.5 Å². The van der Waals surface area contributed by atoms with Crippen molar-refractivity contribution in [3.8, 4) is 11.5 Å². The lowest BCUT2D eigenvalue weighted by Gasteiger charge is -2.06. The minimum atomic E-state index is -4.69. The van der Waals surface area contributed by atoms with Crippen molar-refractivity contribution in [3.05, 3.63) is 53.8 Å². The summed E-state index contributed by atoms with van der Waals surface area (Å²) in [7, 11) is -4.04. The summed E-state index contributed by atoms with van der Waals surface area (Å²) in [5.74, 6) is -1.47. The third kappa shape index (κ3) is 3.68. The number of halogens is 3. The third-order valence-electron chi connectivity index (χ3n) is 3.16. The molecule has 25 heavy (non-hydrogen) atoms. The molecule has 0 unspecified atom stereocenters. The molecule has 0 aliphatic heterocycles. The molecule has 1 N–H and O–H groups in total. The highest BCUT2D eigenvalue weighted by Crippen LogP contribution is 2.33. The zero-order valence-electron chi connectivity index (χ0n) is 12.7. The predicted octanol–water partition coefficient (Wildman–Crippen LogP) is 4.06. The van der Waals surface area contributed by atoms with Gasteiger partial charge in [0, 0.05) is 11.8 Å². The van der Waals surface area contributed by atoms with E-state index in [2.05, 4.69) is 14.4 Å². The van der Waals surface area contributed by atoms with E-state index in [-0.39, 0.29) is 11.5 Å². The minimum Gasteiger partial charge on any atom is -0.441 e. The molecular weight excluding hydrogens is 361 g/mol. The van der Waals surface area contributed by atoms with E-state index in [1.165, 1.54) is 6.07 Å². The highest BCUT2D eigenvalue weighted by molar-refractivity contribution is 7.92. The lowest BCUT2D eigenvalue weighted by atomic mass is 10.2. The zero-order chi connectivity index (χ0) is 18.2. The Morgan fingerprint density at radius 1 is 1.12 bits per heavy atom. The molecule has 132 valence electrons. The molecule has 0 radical (unpaired) electrons. The van der Waals surface area contributed by atoms with Crippen molar-refractivity contribution in [2.75, 3.05) is 4.72 Å².